The van der Waals surface area contributed by atoms with Crippen LogP contribution >= 0.6 is 11.8 Å². The molecule has 0 radical (unpaired) electrons. The summed E-state index contributed by atoms with van der Waals surface area (Å²) in [5, 5.41) is 18.9. The van der Waals surface area contributed by atoms with Crippen molar-refractivity contribution in [2.24, 2.45) is 10.2 Å². The number of nitrogens with one attached hydrogen (secondary N) is 1. The molecule has 2 heterocycles. The minimum atomic E-state index is -1.02. The quantitative estimate of drug-likeness (QED) is 0.362. The first-order valence-electron chi connectivity index (χ1n) is 9.86. The van der Waals surface area contributed by atoms with Crippen molar-refractivity contribution in [1.29, 1.82) is 0 Å². The Hall–Kier alpha value is -2.39. The number of amides is 1. The van der Waals surface area contributed by atoms with Crippen LogP contribution in [0.4, 0.5) is 0 Å². The number of carboxylic acids is 1. The number of carboxylic acid groups (broad SMARTS) is 1. The molecule has 9 heteroatoms. The maximum atomic E-state index is 11.7. The average molecular weight is 419 g/mol. The summed E-state index contributed by atoms with van der Waals surface area (Å²) in [4.78, 5) is 24.9. The van der Waals surface area contributed by atoms with Crippen LogP contribution in [-0.4, -0.2) is 64.8 Å². The largest absolute Gasteiger partial charge is 0.494 e. The molecule has 3 rings (SSSR count). The fourth-order valence-electron chi connectivity index (χ4n) is 3.24. The zero-order valence-corrected chi connectivity index (χ0v) is 17.1. The maximum absolute atomic E-state index is 11.7. The molecule has 0 bridgehead atoms. The number of aliphatic carboxylic acids is 1. The first kappa shape index (κ1) is 21.3. The van der Waals surface area contributed by atoms with Crippen LogP contribution in [0.15, 0.2) is 34.5 Å². The molecule has 2 saturated heterocycles. The molecular weight excluding hydrogens is 392 g/mol. The summed E-state index contributed by atoms with van der Waals surface area (Å²) in [7, 11) is 0. The molecule has 1 atom stereocenters. The molecule has 1 amide bonds. The van der Waals surface area contributed by atoms with Crippen LogP contribution in [0.5, 0.6) is 5.75 Å². The first-order chi connectivity index (χ1) is 14.1. The topological polar surface area (TPSA) is 104 Å². The number of carbonyl (C=O) groups excluding carboxylic acids is 1. The number of hydrogen-bond donors (Lipinski definition) is 2. The average Bonchev–Trinajstić information content (AvgIpc) is 3.05. The standard InChI is InChI=1S/C20H26N4O4S/c25-18(26)13-17-19(27)22-20(29-17)23-21-14-15-6-4-7-16(12-15)28-11-5-10-24-8-2-1-3-9-24/h4,6-7,12,14,17H,1-3,5,8-11,13H2,(H,25,26)(H,22,23,27). The number of hydrogen-bond acceptors (Lipinski definition) is 7. The number of amidine groups is 1. The van der Waals surface area contributed by atoms with Gasteiger partial charge in [-0.3, -0.25) is 9.59 Å². The highest BCUT2D eigenvalue weighted by Gasteiger charge is 2.32. The van der Waals surface area contributed by atoms with Gasteiger partial charge in [0.25, 0.3) is 0 Å². The Morgan fingerprint density at radius 3 is 2.97 bits per heavy atom. The van der Waals surface area contributed by atoms with Crippen LogP contribution in [0.25, 0.3) is 0 Å². The lowest BCUT2D eigenvalue weighted by molar-refractivity contribution is -0.138. The number of nitrogens with zero attached hydrogens (tertiary/aromatic N) is 3. The van der Waals surface area contributed by atoms with E-state index >= 15 is 0 Å². The van der Waals surface area contributed by atoms with Crippen LogP contribution in [0.3, 0.4) is 0 Å². The van der Waals surface area contributed by atoms with E-state index in [9.17, 15) is 9.59 Å². The van der Waals surface area contributed by atoms with Crippen LogP contribution in [0.1, 0.15) is 37.7 Å². The third-order valence-corrected chi connectivity index (χ3v) is 5.76. The Morgan fingerprint density at radius 1 is 1.34 bits per heavy atom. The Kier molecular flexibility index (Phi) is 8.06. The molecule has 2 aliphatic rings. The fourth-order valence-corrected chi connectivity index (χ4v) is 4.15. The molecule has 0 aliphatic carbocycles. The minimum absolute atomic E-state index is 0.240. The number of likely N-dealkylation sites (tertiary alicyclic amines) is 1. The van der Waals surface area contributed by atoms with E-state index in [0.717, 1.165) is 36.0 Å². The second-order valence-corrected chi connectivity index (χ2v) is 8.21. The molecule has 2 N–H and O–H groups in total. The Bertz CT molecular complexity index is 777. The van der Waals surface area contributed by atoms with E-state index in [2.05, 4.69) is 20.4 Å². The summed E-state index contributed by atoms with van der Waals surface area (Å²) in [5.41, 5.74) is 0.833. The monoisotopic (exact) mass is 418 g/mol. The highest BCUT2D eigenvalue weighted by molar-refractivity contribution is 8.15. The normalized spacial score (nSPS) is 21.6. The molecule has 2 fully saturated rings. The predicted molar refractivity (Wildman–Crippen MR) is 114 cm³/mol. The smallest absolute Gasteiger partial charge is 0.305 e. The molecule has 0 spiro atoms. The number of ether oxygens (including phenoxy) is 1. The lowest BCUT2D eigenvalue weighted by Crippen LogP contribution is -2.31. The highest BCUT2D eigenvalue weighted by Crippen LogP contribution is 2.22. The summed E-state index contributed by atoms with van der Waals surface area (Å²) < 4.78 is 5.84. The van der Waals surface area contributed by atoms with Gasteiger partial charge in [0.15, 0.2) is 5.17 Å². The van der Waals surface area contributed by atoms with Gasteiger partial charge in [-0.1, -0.05) is 30.3 Å². The van der Waals surface area contributed by atoms with E-state index in [1.165, 1.54) is 32.4 Å². The molecule has 2 aliphatic heterocycles. The van der Waals surface area contributed by atoms with Crippen molar-refractivity contribution < 1.29 is 19.4 Å². The fraction of sp³-hybridized carbons (Fsp3) is 0.500. The van der Waals surface area contributed by atoms with Gasteiger partial charge in [-0.05, 0) is 50.0 Å². The molecule has 8 nitrogen and oxygen atoms in total. The molecule has 1 aromatic carbocycles. The Balaban J connectivity index is 1.44. The van der Waals surface area contributed by atoms with Gasteiger partial charge < -0.3 is 20.1 Å². The molecule has 0 saturated carbocycles. The van der Waals surface area contributed by atoms with Crippen molar-refractivity contribution in [3.8, 4) is 5.75 Å². The molecule has 1 aromatic rings. The maximum Gasteiger partial charge on any atom is 0.305 e. The van der Waals surface area contributed by atoms with E-state index in [1.54, 1.807) is 6.21 Å². The summed E-state index contributed by atoms with van der Waals surface area (Å²) in [6, 6.07) is 7.58. The van der Waals surface area contributed by atoms with Gasteiger partial charge >= 0.3 is 5.97 Å². The van der Waals surface area contributed by atoms with Gasteiger partial charge in [-0.2, -0.15) is 5.10 Å². The van der Waals surface area contributed by atoms with Crippen molar-refractivity contribution >= 4 is 35.0 Å². The minimum Gasteiger partial charge on any atom is -0.494 e. The second-order valence-electron chi connectivity index (χ2n) is 7.02. The van der Waals surface area contributed by atoms with E-state index in [0.29, 0.717) is 11.8 Å². The number of rotatable bonds is 9. The van der Waals surface area contributed by atoms with Crippen molar-refractivity contribution in [2.75, 3.05) is 26.2 Å². The van der Waals surface area contributed by atoms with E-state index < -0.39 is 11.2 Å². The molecule has 156 valence electrons. The van der Waals surface area contributed by atoms with Crippen molar-refractivity contribution in [3.63, 3.8) is 0 Å². The van der Waals surface area contributed by atoms with Gasteiger partial charge in [0.2, 0.25) is 5.91 Å². The molecule has 0 aromatic heterocycles. The van der Waals surface area contributed by atoms with Crippen molar-refractivity contribution in [2.45, 2.75) is 37.4 Å². The third-order valence-electron chi connectivity index (χ3n) is 4.69. The first-order valence-corrected chi connectivity index (χ1v) is 10.7. The van der Waals surface area contributed by atoms with Gasteiger partial charge in [0.05, 0.1) is 19.2 Å². The van der Waals surface area contributed by atoms with Gasteiger partial charge in [-0.15, -0.1) is 5.10 Å². The summed E-state index contributed by atoms with van der Waals surface area (Å²) in [6.07, 6.45) is 6.28. The SMILES string of the molecule is O=C(O)CC1SC(=NN=Cc2cccc(OCCCN3CCCCC3)c2)NC1=O. The summed E-state index contributed by atoms with van der Waals surface area (Å²) in [6.45, 7) is 4.15. The lowest BCUT2D eigenvalue weighted by Gasteiger charge is -2.26. The summed E-state index contributed by atoms with van der Waals surface area (Å²) in [5.74, 6) is -0.591. The van der Waals surface area contributed by atoms with E-state index in [-0.39, 0.29) is 12.3 Å². The Morgan fingerprint density at radius 2 is 2.17 bits per heavy atom. The molecule has 29 heavy (non-hydrogen) atoms. The van der Waals surface area contributed by atoms with Crippen LogP contribution in [0, 0.1) is 0 Å². The number of benzene rings is 1. The van der Waals surface area contributed by atoms with Crippen LogP contribution < -0.4 is 10.1 Å². The number of carbonyl (C=O) groups is 2. The number of thioether (sulfide) groups is 1. The van der Waals surface area contributed by atoms with Gasteiger partial charge in [0, 0.05) is 6.54 Å². The van der Waals surface area contributed by atoms with Crippen molar-refractivity contribution in [3.05, 3.63) is 29.8 Å². The second kappa shape index (κ2) is 11.0. The lowest BCUT2D eigenvalue weighted by atomic mass is 10.1. The van der Waals surface area contributed by atoms with Gasteiger partial charge in [0.1, 0.15) is 11.0 Å². The van der Waals surface area contributed by atoms with Crippen LogP contribution in [0.2, 0.25) is 0 Å². The van der Waals surface area contributed by atoms with E-state index in [4.69, 9.17) is 9.84 Å². The number of piperidine rings is 1. The third kappa shape index (κ3) is 7.17. The zero-order valence-electron chi connectivity index (χ0n) is 16.2. The predicted octanol–water partition coefficient (Wildman–Crippen LogP) is 2.34. The van der Waals surface area contributed by atoms with Crippen molar-refractivity contribution in [1.82, 2.24) is 10.2 Å². The molecule has 1 unspecified atom stereocenters. The Labute approximate surface area is 174 Å². The molecular formula is C20H26N4O4S. The van der Waals surface area contributed by atoms with Gasteiger partial charge in [-0.25, -0.2) is 0 Å². The zero-order chi connectivity index (χ0) is 20.5. The highest BCUT2D eigenvalue weighted by atomic mass is 32.2. The van der Waals surface area contributed by atoms with Crippen LogP contribution in [-0.2, 0) is 9.59 Å². The summed E-state index contributed by atoms with van der Waals surface area (Å²) >= 11 is 1.08. The van der Waals surface area contributed by atoms with E-state index in [1.807, 2.05) is 24.3 Å².